The van der Waals surface area contributed by atoms with Crippen molar-refractivity contribution in [3.63, 3.8) is 0 Å². The molecule has 210 valence electrons. The van der Waals surface area contributed by atoms with Gasteiger partial charge in [0.05, 0.1) is 12.3 Å². The fraction of sp³-hybridized carbons (Fsp3) is 0. The largest absolute Gasteiger partial charge is 0.456 e. The zero-order valence-corrected chi connectivity index (χ0v) is 23.9. The van der Waals surface area contributed by atoms with Gasteiger partial charge in [-0.1, -0.05) is 145 Å². The summed E-state index contributed by atoms with van der Waals surface area (Å²) in [5, 5.41) is 4.62. The Labute approximate surface area is 274 Å². The molecule has 8 aromatic carbocycles. The molecular weight excluding hydrogens is 544 g/mol. The van der Waals surface area contributed by atoms with Crippen LogP contribution in [0.3, 0.4) is 0 Å². The lowest BCUT2D eigenvalue weighted by Gasteiger charge is -2.19. The highest BCUT2D eigenvalue weighted by molar-refractivity contribution is 6.26. The third-order valence-corrected chi connectivity index (χ3v) is 8.41. The lowest BCUT2D eigenvalue weighted by Crippen LogP contribution is -1.92. The van der Waals surface area contributed by atoms with E-state index in [1.165, 1.54) is 0 Å². The zero-order chi connectivity index (χ0) is 37.6. The fourth-order valence-corrected chi connectivity index (χ4v) is 6.50. The van der Waals surface area contributed by atoms with Gasteiger partial charge < -0.3 is 4.42 Å². The normalized spacial score (nSPS) is 14.4. The first-order chi connectivity index (χ1) is 26.1. The van der Waals surface area contributed by atoms with Crippen molar-refractivity contribution in [1.82, 2.24) is 0 Å². The van der Waals surface area contributed by atoms with E-state index in [0.29, 0.717) is 33.4 Å². The molecule has 0 spiro atoms. The van der Waals surface area contributed by atoms with E-state index in [2.05, 4.69) is 0 Å². The van der Waals surface area contributed by atoms with Gasteiger partial charge >= 0.3 is 0 Å². The maximum absolute atomic E-state index is 9.54. The second kappa shape index (κ2) is 10.4. The van der Waals surface area contributed by atoms with Crippen molar-refractivity contribution in [1.29, 1.82) is 0 Å². The molecule has 0 aliphatic heterocycles. The van der Waals surface area contributed by atoms with Gasteiger partial charge in [-0.25, -0.2) is 0 Å². The molecule has 0 radical (unpaired) electrons. The molecule has 1 aromatic heterocycles. The molecule has 0 N–H and O–H groups in total. The van der Waals surface area contributed by atoms with Crippen molar-refractivity contribution in [3.05, 3.63) is 170 Å². The van der Waals surface area contributed by atoms with Crippen molar-refractivity contribution in [2.45, 2.75) is 0 Å². The van der Waals surface area contributed by atoms with Crippen molar-refractivity contribution in [3.8, 4) is 44.5 Å². The van der Waals surface area contributed by atoms with Crippen LogP contribution in [-0.4, -0.2) is 0 Å². The van der Waals surface area contributed by atoms with Crippen LogP contribution in [-0.2, 0) is 0 Å². The smallest absolute Gasteiger partial charge is 0.136 e. The molecule has 1 nitrogen and oxygen atoms in total. The molecule has 1 heterocycles. The third kappa shape index (κ3) is 4.17. The van der Waals surface area contributed by atoms with Gasteiger partial charge in [-0.15, -0.1) is 0 Å². The minimum absolute atomic E-state index is 0.0124. The quantitative estimate of drug-likeness (QED) is 0.188. The number of hydrogen-bond donors (Lipinski definition) is 0. The predicted octanol–water partition coefficient (Wildman–Crippen LogP) is 12.6. The van der Waals surface area contributed by atoms with Gasteiger partial charge in [0.15, 0.2) is 0 Å². The Bertz CT molecular complexity index is 2960. The first-order valence-corrected chi connectivity index (χ1v) is 14.7. The topological polar surface area (TPSA) is 13.1 Å². The minimum atomic E-state index is -0.474. The molecule has 0 aliphatic rings. The molecule has 0 aliphatic carbocycles. The predicted molar refractivity (Wildman–Crippen MR) is 190 cm³/mol. The molecule has 0 atom stereocenters. The maximum atomic E-state index is 9.54. The van der Waals surface area contributed by atoms with Crippen LogP contribution in [0.2, 0.25) is 0 Å². The Kier molecular flexibility index (Phi) is 4.15. The standard InChI is InChI=1S/C44H28O/c1-3-14-29(15-4-1)31-18-13-19-32(26-31)42-34-20-7-9-22-36(34)43(37-23-10-8-21-35(37)42)39-27-33(30-16-5-2-6-17-30)28-41-44(39)38-24-11-12-25-40(38)45-41/h1-28H/i2D,5D,6D,13D,16D,17D,18D,19D,26D. The summed E-state index contributed by atoms with van der Waals surface area (Å²) in [5.74, 6) is 0. The highest BCUT2D eigenvalue weighted by atomic mass is 16.3. The van der Waals surface area contributed by atoms with E-state index in [0.717, 1.165) is 37.9 Å². The summed E-state index contributed by atoms with van der Waals surface area (Å²) in [6.07, 6.45) is 0. The summed E-state index contributed by atoms with van der Waals surface area (Å²) < 4.78 is 85.6. The van der Waals surface area contributed by atoms with E-state index in [-0.39, 0.29) is 52.9 Å². The van der Waals surface area contributed by atoms with Gasteiger partial charge in [-0.3, -0.25) is 0 Å². The number of benzene rings is 8. The summed E-state index contributed by atoms with van der Waals surface area (Å²) in [6.45, 7) is 0. The summed E-state index contributed by atoms with van der Waals surface area (Å²) in [7, 11) is 0. The molecule has 45 heavy (non-hydrogen) atoms. The average Bonchev–Trinajstić information content (AvgIpc) is 3.57. The second-order valence-corrected chi connectivity index (χ2v) is 11.0. The van der Waals surface area contributed by atoms with Crippen LogP contribution in [0.5, 0.6) is 0 Å². The molecule has 9 aromatic rings. The number of fused-ring (bicyclic) bond motifs is 5. The monoisotopic (exact) mass is 581 g/mol. The van der Waals surface area contributed by atoms with E-state index in [1.807, 2.05) is 97.1 Å². The summed E-state index contributed by atoms with van der Waals surface area (Å²) in [5.41, 5.74) is 4.80. The van der Waals surface area contributed by atoms with Crippen LogP contribution < -0.4 is 0 Å². The van der Waals surface area contributed by atoms with E-state index >= 15 is 0 Å². The molecule has 0 bridgehead atoms. The van der Waals surface area contributed by atoms with E-state index < -0.39 is 18.1 Å². The molecule has 0 fully saturated rings. The van der Waals surface area contributed by atoms with Gasteiger partial charge in [0.1, 0.15) is 11.2 Å². The summed E-state index contributed by atoms with van der Waals surface area (Å²) in [4.78, 5) is 0. The van der Waals surface area contributed by atoms with Crippen LogP contribution in [0.15, 0.2) is 174 Å². The Morgan fingerprint density at radius 3 is 1.69 bits per heavy atom. The van der Waals surface area contributed by atoms with E-state index in [9.17, 15) is 2.74 Å². The van der Waals surface area contributed by atoms with Crippen molar-refractivity contribution in [2.75, 3.05) is 0 Å². The molecule has 1 heteroatoms. The lowest BCUT2D eigenvalue weighted by atomic mass is 9.83. The average molecular weight is 582 g/mol. The van der Waals surface area contributed by atoms with Gasteiger partial charge in [-0.05, 0) is 90.3 Å². The van der Waals surface area contributed by atoms with Gasteiger partial charge in [0.2, 0.25) is 0 Å². The Hall–Kier alpha value is -5.92. The number of furan rings is 1. The van der Waals surface area contributed by atoms with Crippen LogP contribution in [0.4, 0.5) is 0 Å². The summed E-state index contributed by atoms with van der Waals surface area (Å²) >= 11 is 0. The minimum Gasteiger partial charge on any atom is -0.456 e. The fourth-order valence-electron chi connectivity index (χ4n) is 6.50. The third-order valence-electron chi connectivity index (χ3n) is 8.41. The van der Waals surface area contributed by atoms with Gasteiger partial charge in [0.25, 0.3) is 0 Å². The number of rotatable bonds is 4. The molecule has 9 rings (SSSR count). The van der Waals surface area contributed by atoms with Crippen LogP contribution in [0, 0.1) is 0 Å². The molecule has 0 saturated carbocycles. The number of para-hydroxylation sites is 1. The van der Waals surface area contributed by atoms with Crippen molar-refractivity contribution >= 4 is 43.5 Å². The van der Waals surface area contributed by atoms with Crippen LogP contribution in [0.1, 0.15) is 12.3 Å². The van der Waals surface area contributed by atoms with E-state index in [1.54, 1.807) is 18.2 Å². The second-order valence-electron chi connectivity index (χ2n) is 11.0. The van der Waals surface area contributed by atoms with Gasteiger partial charge in [-0.2, -0.15) is 0 Å². The molecule has 0 amide bonds. The Morgan fingerprint density at radius 2 is 0.978 bits per heavy atom. The zero-order valence-electron chi connectivity index (χ0n) is 32.9. The Morgan fingerprint density at radius 1 is 0.400 bits per heavy atom. The summed E-state index contributed by atoms with van der Waals surface area (Å²) in [6, 6.07) is 33.1. The van der Waals surface area contributed by atoms with Crippen LogP contribution >= 0.6 is 0 Å². The van der Waals surface area contributed by atoms with Crippen LogP contribution in [0.25, 0.3) is 88.0 Å². The number of hydrogen-bond acceptors (Lipinski definition) is 1. The maximum Gasteiger partial charge on any atom is 0.136 e. The Balaban J connectivity index is 1.46. The lowest BCUT2D eigenvalue weighted by molar-refractivity contribution is 0.669. The molecule has 0 saturated heterocycles. The SMILES string of the molecule is [2H]c1c([2H])c([2H])c(-c2cc(-c3c4ccccc4c(-c4c([2H])c([2H])c([2H])c(-c5ccccc5)c4[2H])c4ccccc34)c3c(c2)oc2ccccc23)c([2H])c1[2H]. The van der Waals surface area contributed by atoms with Gasteiger partial charge in [0, 0.05) is 10.8 Å². The molecular formula is C44H28O. The van der Waals surface area contributed by atoms with Crippen molar-refractivity contribution in [2.24, 2.45) is 0 Å². The first kappa shape index (κ1) is 18.0. The van der Waals surface area contributed by atoms with Crippen molar-refractivity contribution < 1.29 is 16.8 Å². The highest BCUT2D eigenvalue weighted by Crippen LogP contribution is 2.48. The highest BCUT2D eigenvalue weighted by Gasteiger charge is 2.21. The van der Waals surface area contributed by atoms with E-state index in [4.69, 9.17) is 14.0 Å². The first-order valence-electron chi connectivity index (χ1n) is 19.2. The molecule has 0 unspecified atom stereocenters.